The van der Waals surface area contributed by atoms with E-state index in [4.69, 9.17) is 11.6 Å². The molecule has 2 amide bonds. The van der Waals surface area contributed by atoms with Crippen LogP contribution in [0, 0.1) is 11.6 Å². The van der Waals surface area contributed by atoms with Gasteiger partial charge in [-0.05, 0) is 54.8 Å². The van der Waals surface area contributed by atoms with Crippen molar-refractivity contribution >= 4 is 29.1 Å². The lowest BCUT2D eigenvalue weighted by molar-refractivity contribution is -0.121. The Hall–Kier alpha value is -3.26. The Kier molecular flexibility index (Phi) is 6.23. The Balaban J connectivity index is 1.47. The molecule has 1 unspecified atom stereocenters. The molecular formula is C23H21ClF2N4O2. The SMILES string of the molecule is Cn1ccc(CCC(=O)NC2CCc3c(C(=O)Nc4ccc(F)c(Cl)c4)ccc(F)c32)n1. The van der Waals surface area contributed by atoms with Crippen molar-refractivity contribution in [1.29, 1.82) is 0 Å². The zero-order valence-corrected chi connectivity index (χ0v) is 18.0. The highest BCUT2D eigenvalue weighted by Crippen LogP contribution is 2.36. The van der Waals surface area contributed by atoms with E-state index < -0.39 is 23.6 Å². The Bertz CT molecular complexity index is 1190. The zero-order valence-electron chi connectivity index (χ0n) is 17.3. The minimum atomic E-state index is -0.589. The topological polar surface area (TPSA) is 76.0 Å². The van der Waals surface area contributed by atoms with Gasteiger partial charge in [0.25, 0.3) is 5.91 Å². The molecule has 1 atom stereocenters. The Morgan fingerprint density at radius 2 is 1.97 bits per heavy atom. The van der Waals surface area contributed by atoms with E-state index in [1.54, 1.807) is 11.7 Å². The van der Waals surface area contributed by atoms with Gasteiger partial charge in [0.2, 0.25) is 5.91 Å². The van der Waals surface area contributed by atoms with E-state index in [1.807, 2.05) is 12.3 Å². The lowest BCUT2D eigenvalue weighted by atomic mass is 10.0. The molecule has 1 aliphatic carbocycles. The molecule has 0 saturated carbocycles. The number of rotatable bonds is 6. The lowest BCUT2D eigenvalue weighted by Gasteiger charge is -2.16. The molecule has 166 valence electrons. The van der Waals surface area contributed by atoms with Gasteiger partial charge in [-0.15, -0.1) is 0 Å². The van der Waals surface area contributed by atoms with Crippen LogP contribution in [0.1, 0.15) is 46.1 Å². The van der Waals surface area contributed by atoms with Gasteiger partial charge in [0.05, 0.1) is 16.8 Å². The van der Waals surface area contributed by atoms with Crippen LogP contribution in [0.15, 0.2) is 42.6 Å². The van der Waals surface area contributed by atoms with Gasteiger partial charge in [0.1, 0.15) is 11.6 Å². The monoisotopic (exact) mass is 458 g/mol. The number of carbonyl (C=O) groups excluding carboxylic acids is 2. The summed E-state index contributed by atoms with van der Waals surface area (Å²) in [4.78, 5) is 25.2. The number of hydrogen-bond acceptors (Lipinski definition) is 3. The first-order valence-corrected chi connectivity index (χ1v) is 10.5. The molecule has 0 saturated heterocycles. The molecule has 6 nitrogen and oxygen atoms in total. The summed E-state index contributed by atoms with van der Waals surface area (Å²) in [5.74, 6) is -1.71. The number of benzene rings is 2. The second kappa shape index (κ2) is 9.08. The number of nitrogens with one attached hydrogen (secondary N) is 2. The molecule has 1 aliphatic rings. The number of hydrogen-bond donors (Lipinski definition) is 2. The van der Waals surface area contributed by atoms with Gasteiger partial charge >= 0.3 is 0 Å². The van der Waals surface area contributed by atoms with Crippen molar-refractivity contribution in [3.8, 4) is 0 Å². The summed E-state index contributed by atoms with van der Waals surface area (Å²) in [5.41, 5.74) is 2.34. The van der Waals surface area contributed by atoms with Crippen LogP contribution in [0.5, 0.6) is 0 Å². The average molecular weight is 459 g/mol. The predicted octanol–water partition coefficient (Wildman–Crippen LogP) is 4.34. The number of nitrogens with zero attached hydrogens (tertiary/aromatic N) is 2. The van der Waals surface area contributed by atoms with Crippen LogP contribution in [-0.2, 0) is 24.7 Å². The molecule has 3 aromatic rings. The van der Waals surface area contributed by atoms with E-state index in [1.165, 1.54) is 24.3 Å². The van der Waals surface area contributed by atoms with Crippen molar-refractivity contribution in [3.63, 3.8) is 0 Å². The quantitative estimate of drug-likeness (QED) is 0.577. The summed E-state index contributed by atoms with van der Waals surface area (Å²) in [6, 6.07) is 7.84. The maximum atomic E-state index is 14.7. The first-order valence-electron chi connectivity index (χ1n) is 10.2. The molecule has 0 bridgehead atoms. The fourth-order valence-electron chi connectivity index (χ4n) is 3.95. The molecule has 2 N–H and O–H groups in total. The van der Waals surface area contributed by atoms with Crippen LogP contribution in [0.4, 0.5) is 14.5 Å². The number of aromatic nitrogens is 2. The minimum Gasteiger partial charge on any atom is -0.349 e. The number of fused-ring (bicyclic) bond motifs is 1. The molecular weight excluding hydrogens is 438 g/mol. The third-order valence-electron chi connectivity index (χ3n) is 5.47. The third kappa shape index (κ3) is 4.65. The normalized spacial score (nSPS) is 14.8. The zero-order chi connectivity index (χ0) is 22.8. The van der Waals surface area contributed by atoms with Crippen LogP contribution < -0.4 is 10.6 Å². The molecule has 1 heterocycles. The number of halogens is 3. The second-order valence-electron chi connectivity index (χ2n) is 7.71. The van der Waals surface area contributed by atoms with Crippen LogP contribution in [0.3, 0.4) is 0 Å². The van der Waals surface area contributed by atoms with Crippen LogP contribution in [0.25, 0.3) is 0 Å². The maximum Gasteiger partial charge on any atom is 0.255 e. The summed E-state index contributed by atoms with van der Waals surface area (Å²) in [6.07, 6.45) is 3.47. The van der Waals surface area contributed by atoms with Crippen LogP contribution in [-0.4, -0.2) is 21.6 Å². The summed E-state index contributed by atoms with van der Waals surface area (Å²) in [7, 11) is 1.81. The van der Waals surface area contributed by atoms with Gasteiger partial charge in [-0.1, -0.05) is 11.6 Å². The number of carbonyl (C=O) groups is 2. The lowest BCUT2D eigenvalue weighted by Crippen LogP contribution is -2.28. The number of amides is 2. The van der Waals surface area contributed by atoms with E-state index in [9.17, 15) is 18.4 Å². The number of aryl methyl sites for hydroxylation is 2. The van der Waals surface area contributed by atoms with Gasteiger partial charge in [0, 0.05) is 42.9 Å². The molecule has 9 heteroatoms. The molecule has 0 radical (unpaired) electrons. The van der Waals surface area contributed by atoms with Gasteiger partial charge in [-0.3, -0.25) is 14.3 Å². The standard InChI is InChI=1S/C23H21ClF2N4O2/c1-30-11-10-13(29-30)3-9-21(31)28-20-8-5-15-16(4-7-19(26)22(15)20)23(32)27-14-2-6-18(25)17(24)12-14/h2,4,6-7,10-12,20H,3,5,8-9H2,1H3,(H,27,32)(H,28,31). The fraction of sp³-hybridized carbons (Fsp3) is 0.261. The van der Waals surface area contributed by atoms with Crippen molar-refractivity contribution in [1.82, 2.24) is 15.1 Å². The summed E-state index contributed by atoms with van der Waals surface area (Å²) < 4.78 is 29.7. The van der Waals surface area contributed by atoms with Gasteiger partial charge in [-0.25, -0.2) is 8.78 Å². The molecule has 0 aliphatic heterocycles. The highest BCUT2D eigenvalue weighted by molar-refractivity contribution is 6.31. The first kappa shape index (κ1) is 22.0. The van der Waals surface area contributed by atoms with Crippen molar-refractivity contribution in [2.24, 2.45) is 7.05 Å². The van der Waals surface area contributed by atoms with E-state index >= 15 is 0 Å². The van der Waals surface area contributed by atoms with E-state index in [2.05, 4.69) is 15.7 Å². The Morgan fingerprint density at radius 1 is 1.19 bits per heavy atom. The second-order valence-corrected chi connectivity index (χ2v) is 8.12. The highest BCUT2D eigenvalue weighted by atomic mass is 35.5. The molecule has 0 fully saturated rings. The fourth-order valence-corrected chi connectivity index (χ4v) is 4.13. The molecule has 0 spiro atoms. The molecule has 1 aromatic heterocycles. The predicted molar refractivity (Wildman–Crippen MR) is 116 cm³/mol. The van der Waals surface area contributed by atoms with Gasteiger partial charge in [-0.2, -0.15) is 5.10 Å². The van der Waals surface area contributed by atoms with E-state index in [0.717, 1.165) is 11.8 Å². The smallest absolute Gasteiger partial charge is 0.255 e. The Morgan fingerprint density at radius 3 is 2.69 bits per heavy atom. The summed E-state index contributed by atoms with van der Waals surface area (Å²) in [5, 5.41) is 9.67. The maximum absolute atomic E-state index is 14.7. The van der Waals surface area contributed by atoms with Crippen molar-refractivity contribution in [2.45, 2.75) is 31.7 Å². The molecule has 2 aromatic carbocycles. The highest BCUT2D eigenvalue weighted by Gasteiger charge is 2.31. The largest absolute Gasteiger partial charge is 0.349 e. The Labute approximate surface area is 188 Å². The van der Waals surface area contributed by atoms with E-state index in [-0.39, 0.29) is 17.4 Å². The van der Waals surface area contributed by atoms with Crippen LogP contribution in [0.2, 0.25) is 5.02 Å². The van der Waals surface area contributed by atoms with Crippen molar-refractivity contribution < 1.29 is 18.4 Å². The van der Waals surface area contributed by atoms with Gasteiger partial charge < -0.3 is 10.6 Å². The first-order chi connectivity index (χ1) is 15.3. The summed E-state index contributed by atoms with van der Waals surface area (Å²) >= 11 is 5.77. The minimum absolute atomic E-state index is 0.111. The average Bonchev–Trinajstić information content (AvgIpc) is 3.36. The summed E-state index contributed by atoms with van der Waals surface area (Å²) in [6.45, 7) is 0. The molecule has 32 heavy (non-hydrogen) atoms. The third-order valence-corrected chi connectivity index (χ3v) is 5.76. The van der Waals surface area contributed by atoms with Crippen molar-refractivity contribution in [3.05, 3.63) is 81.6 Å². The van der Waals surface area contributed by atoms with Gasteiger partial charge in [0.15, 0.2) is 0 Å². The van der Waals surface area contributed by atoms with E-state index in [0.29, 0.717) is 41.6 Å². The van der Waals surface area contributed by atoms with Crippen LogP contribution >= 0.6 is 11.6 Å². The number of anilines is 1. The van der Waals surface area contributed by atoms with Crippen molar-refractivity contribution in [2.75, 3.05) is 5.32 Å². The molecule has 4 rings (SSSR count).